The van der Waals surface area contributed by atoms with Gasteiger partial charge in [0.2, 0.25) is 0 Å². The molecular formula is C24H23ClF4N2O. The molecule has 1 unspecified atom stereocenters. The zero-order valence-electron chi connectivity index (χ0n) is 17.1. The normalized spacial score (nSPS) is 15.7. The molecule has 3 nitrogen and oxygen atoms in total. The number of rotatable bonds is 5. The van der Waals surface area contributed by atoms with Gasteiger partial charge < -0.3 is 9.64 Å². The molecule has 0 spiro atoms. The van der Waals surface area contributed by atoms with Crippen LogP contribution in [0.15, 0.2) is 78.9 Å². The average molecular weight is 467 g/mol. The molecule has 1 aliphatic heterocycles. The van der Waals surface area contributed by atoms with E-state index in [0.29, 0.717) is 37.6 Å². The summed E-state index contributed by atoms with van der Waals surface area (Å²) in [4.78, 5) is 4.09. The summed E-state index contributed by atoms with van der Waals surface area (Å²) in [6.45, 7) is 2.35. The van der Waals surface area contributed by atoms with E-state index >= 15 is 0 Å². The smallest absolute Gasteiger partial charge is 0.416 e. The summed E-state index contributed by atoms with van der Waals surface area (Å²) in [5.41, 5.74) is 0.874. The van der Waals surface area contributed by atoms with Crippen molar-refractivity contribution in [1.82, 2.24) is 4.90 Å². The van der Waals surface area contributed by atoms with Crippen LogP contribution in [-0.4, -0.2) is 31.1 Å². The number of nitrogens with zero attached hydrogens (tertiary/aromatic N) is 2. The average Bonchev–Trinajstić information content (AvgIpc) is 2.79. The molecule has 0 N–H and O–H groups in total. The molecule has 0 amide bonds. The van der Waals surface area contributed by atoms with Crippen molar-refractivity contribution in [2.24, 2.45) is 0 Å². The molecule has 1 fully saturated rings. The summed E-state index contributed by atoms with van der Waals surface area (Å²) in [6.07, 6.45) is -4.74. The van der Waals surface area contributed by atoms with Crippen LogP contribution in [0.25, 0.3) is 0 Å². The summed E-state index contributed by atoms with van der Waals surface area (Å²) in [7, 11) is 0. The minimum Gasteiger partial charge on any atom is -0.471 e. The van der Waals surface area contributed by atoms with Gasteiger partial charge in [0.25, 0.3) is 0 Å². The Morgan fingerprint density at radius 2 is 1.44 bits per heavy atom. The van der Waals surface area contributed by atoms with Gasteiger partial charge >= 0.3 is 6.18 Å². The quantitative estimate of drug-likeness (QED) is 0.418. The Bertz CT molecular complexity index is 991. The van der Waals surface area contributed by atoms with Crippen molar-refractivity contribution in [2.75, 3.05) is 31.1 Å². The highest BCUT2D eigenvalue weighted by atomic mass is 35.5. The van der Waals surface area contributed by atoms with E-state index in [2.05, 4.69) is 4.90 Å². The van der Waals surface area contributed by atoms with Gasteiger partial charge in [-0.25, -0.2) is 4.39 Å². The van der Waals surface area contributed by atoms with E-state index in [9.17, 15) is 17.6 Å². The SMILES string of the molecule is Cl.Fc1ccc(OC(c2ccccc2)N2CCN(c3cccc(C(F)(F)F)c3)CC2)cc1. The lowest BCUT2D eigenvalue weighted by atomic mass is 10.1. The van der Waals surface area contributed by atoms with E-state index in [1.165, 1.54) is 24.3 Å². The molecule has 8 heteroatoms. The molecule has 0 bridgehead atoms. The van der Waals surface area contributed by atoms with E-state index in [1.807, 2.05) is 35.2 Å². The van der Waals surface area contributed by atoms with Gasteiger partial charge in [-0.3, -0.25) is 4.90 Å². The van der Waals surface area contributed by atoms with E-state index in [-0.39, 0.29) is 24.5 Å². The molecule has 0 aliphatic carbocycles. The van der Waals surface area contributed by atoms with Gasteiger partial charge in [0.05, 0.1) is 5.56 Å². The molecule has 1 atom stereocenters. The Balaban J connectivity index is 0.00000289. The van der Waals surface area contributed by atoms with Crippen LogP contribution in [0.5, 0.6) is 5.75 Å². The molecule has 3 aromatic carbocycles. The predicted octanol–water partition coefficient (Wildman–Crippen LogP) is 6.17. The molecule has 0 radical (unpaired) electrons. The van der Waals surface area contributed by atoms with Crippen LogP contribution in [-0.2, 0) is 6.18 Å². The first-order chi connectivity index (χ1) is 14.9. The summed E-state index contributed by atoms with van der Waals surface area (Å²) < 4.78 is 58.6. The van der Waals surface area contributed by atoms with Crippen molar-refractivity contribution in [3.63, 3.8) is 0 Å². The van der Waals surface area contributed by atoms with Gasteiger partial charge in [-0.2, -0.15) is 13.2 Å². The third-order valence-electron chi connectivity index (χ3n) is 5.33. The monoisotopic (exact) mass is 466 g/mol. The van der Waals surface area contributed by atoms with Gasteiger partial charge in [-0.05, 0) is 42.5 Å². The van der Waals surface area contributed by atoms with Crippen LogP contribution in [0, 0.1) is 5.82 Å². The number of benzene rings is 3. The summed E-state index contributed by atoms with van der Waals surface area (Å²) in [6, 6.07) is 21.0. The van der Waals surface area contributed by atoms with Gasteiger partial charge in [-0.1, -0.05) is 36.4 Å². The second-order valence-electron chi connectivity index (χ2n) is 7.41. The second-order valence-corrected chi connectivity index (χ2v) is 7.41. The fraction of sp³-hybridized carbons (Fsp3) is 0.250. The van der Waals surface area contributed by atoms with Crippen molar-refractivity contribution in [2.45, 2.75) is 12.4 Å². The number of ether oxygens (including phenoxy) is 1. The van der Waals surface area contributed by atoms with Crippen molar-refractivity contribution in [1.29, 1.82) is 0 Å². The van der Waals surface area contributed by atoms with Gasteiger partial charge in [0, 0.05) is 37.4 Å². The van der Waals surface area contributed by atoms with Crippen LogP contribution in [0.4, 0.5) is 23.2 Å². The Hall–Kier alpha value is -2.77. The molecule has 4 rings (SSSR count). The fourth-order valence-corrected chi connectivity index (χ4v) is 3.71. The fourth-order valence-electron chi connectivity index (χ4n) is 3.71. The maximum absolute atomic E-state index is 13.3. The number of piperazine rings is 1. The molecule has 32 heavy (non-hydrogen) atoms. The zero-order chi connectivity index (χ0) is 21.8. The van der Waals surface area contributed by atoms with E-state index in [1.54, 1.807) is 18.2 Å². The topological polar surface area (TPSA) is 15.7 Å². The van der Waals surface area contributed by atoms with E-state index < -0.39 is 11.7 Å². The van der Waals surface area contributed by atoms with Gasteiger partial charge in [0.15, 0.2) is 6.23 Å². The third-order valence-corrected chi connectivity index (χ3v) is 5.33. The number of hydrogen-bond donors (Lipinski definition) is 0. The minimum absolute atomic E-state index is 0. The largest absolute Gasteiger partial charge is 0.471 e. The molecule has 3 aromatic rings. The maximum atomic E-state index is 13.3. The Labute approximate surface area is 190 Å². The Kier molecular flexibility index (Phi) is 7.64. The first-order valence-corrected chi connectivity index (χ1v) is 10.0. The standard InChI is InChI=1S/C24H22F4N2O.ClH/c25-20-9-11-22(12-10-20)31-23(18-5-2-1-3-6-18)30-15-13-29(14-16-30)21-8-4-7-19(17-21)24(26,27)28;/h1-12,17,23H,13-16H2;1H. The lowest BCUT2D eigenvalue weighted by Crippen LogP contribution is -2.49. The molecule has 0 aromatic heterocycles. The Morgan fingerprint density at radius 3 is 2.06 bits per heavy atom. The summed E-state index contributed by atoms with van der Waals surface area (Å²) >= 11 is 0. The predicted molar refractivity (Wildman–Crippen MR) is 119 cm³/mol. The highest BCUT2D eigenvalue weighted by Gasteiger charge is 2.32. The number of halogens is 5. The van der Waals surface area contributed by atoms with Crippen molar-refractivity contribution in [3.05, 3.63) is 95.8 Å². The summed E-state index contributed by atoms with van der Waals surface area (Å²) in [5.74, 6) is 0.217. The lowest BCUT2D eigenvalue weighted by molar-refractivity contribution is -0.137. The minimum atomic E-state index is -4.36. The van der Waals surface area contributed by atoms with Crippen molar-refractivity contribution >= 4 is 18.1 Å². The molecule has 1 saturated heterocycles. The zero-order valence-corrected chi connectivity index (χ0v) is 18.0. The van der Waals surface area contributed by atoms with E-state index in [0.717, 1.165) is 11.6 Å². The molecule has 0 saturated carbocycles. The number of anilines is 1. The van der Waals surface area contributed by atoms with Gasteiger partial charge in [0.1, 0.15) is 11.6 Å². The van der Waals surface area contributed by atoms with Crippen LogP contribution < -0.4 is 9.64 Å². The van der Waals surface area contributed by atoms with E-state index in [4.69, 9.17) is 4.74 Å². The van der Waals surface area contributed by atoms with Crippen LogP contribution in [0.1, 0.15) is 17.4 Å². The van der Waals surface area contributed by atoms with Crippen LogP contribution >= 0.6 is 12.4 Å². The van der Waals surface area contributed by atoms with Crippen LogP contribution in [0.2, 0.25) is 0 Å². The number of alkyl halides is 3. The molecular weight excluding hydrogens is 444 g/mol. The highest BCUT2D eigenvalue weighted by Crippen LogP contribution is 2.33. The molecule has 1 aliphatic rings. The van der Waals surface area contributed by atoms with Crippen molar-refractivity contribution in [3.8, 4) is 5.75 Å². The van der Waals surface area contributed by atoms with Crippen LogP contribution in [0.3, 0.4) is 0 Å². The number of hydrogen-bond acceptors (Lipinski definition) is 3. The second kappa shape index (κ2) is 10.2. The molecule has 170 valence electrons. The highest BCUT2D eigenvalue weighted by molar-refractivity contribution is 5.85. The van der Waals surface area contributed by atoms with Crippen molar-refractivity contribution < 1.29 is 22.3 Å². The first kappa shape index (κ1) is 23.9. The Morgan fingerprint density at radius 1 is 0.781 bits per heavy atom. The first-order valence-electron chi connectivity index (χ1n) is 10.0. The van der Waals surface area contributed by atoms with Gasteiger partial charge in [-0.15, -0.1) is 12.4 Å². The maximum Gasteiger partial charge on any atom is 0.416 e. The molecule has 1 heterocycles. The summed E-state index contributed by atoms with van der Waals surface area (Å²) in [5, 5.41) is 0. The lowest BCUT2D eigenvalue weighted by Gasteiger charge is -2.40. The third kappa shape index (κ3) is 5.72.